The van der Waals surface area contributed by atoms with Crippen LogP contribution in [0, 0.1) is 11.6 Å². The van der Waals surface area contributed by atoms with Crippen molar-refractivity contribution < 1.29 is 8.78 Å². The van der Waals surface area contributed by atoms with Crippen LogP contribution < -0.4 is 5.32 Å². The number of hydrogen-bond donors (Lipinski definition) is 1. The zero-order valence-electron chi connectivity index (χ0n) is 10.2. The van der Waals surface area contributed by atoms with Crippen LogP contribution in [-0.2, 0) is 0 Å². The van der Waals surface area contributed by atoms with E-state index in [0.717, 1.165) is 31.2 Å². The number of nitrogens with one attached hydrogen (secondary N) is 1. The maximum absolute atomic E-state index is 13.4. The smallest absolute Gasteiger partial charge is 0.173 e. The van der Waals surface area contributed by atoms with Gasteiger partial charge in [0, 0.05) is 6.04 Å². The van der Waals surface area contributed by atoms with E-state index in [1.807, 2.05) is 7.05 Å². The second kappa shape index (κ2) is 7.07. The molecular weight excluding hydrogens is 288 g/mol. The predicted molar refractivity (Wildman–Crippen MR) is 70.0 cm³/mol. The number of rotatable bonds is 6. The average Bonchev–Trinajstić information content (AvgIpc) is 2.33. The molecule has 0 saturated carbocycles. The molecule has 1 rings (SSSR count). The Balaban J connectivity index is 2.85. The molecule has 0 spiro atoms. The minimum atomic E-state index is -0.816. The number of halogens is 3. The van der Waals surface area contributed by atoms with Crippen LogP contribution in [0.15, 0.2) is 16.6 Å². The molecule has 1 aromatic carbocycles. The lowest BCUT2D eigenvalue weighted by molar-refractivity contribution is 0.482. The maximum Gasteiger partial charge on any atom is 0.173 e. The van der Waals surface area contributed by atoms with Crippen LogP contribution in [0.2, 0.25) is 0 Å². The highest BCUT2D eigenvalue weighted by atomic mass is 79.9. The molecule has 1 nitrogen and oxygen atoms in total. The maximum atomic E-state index is 13.4. The third kappa shape index (κ3) is 3.75. The normalized spacial score (nSPS) is 12.8. The van der Waals surface area contributed by atoms with Gasteiger partial charge in [-0.25, -0.2) is 8.78 Å². The fraction of sp³-hybridized carbons (Fsp3) is 0.538. The van der Waals surface area contributed by atoms with Gasteiger partial charge in [-0.1, -0.05) is 32.3 Å². The second-order valence-electron chi connectivity index (χ2n) is 4.10. The number of benzene rings is 1. The van der Waals surface area contributed by atoms with Crippen molar-refractivity contribution in [2.75, 3.05) is 7.05 Å². The van der Waals surface area contributed by atoms with Crippen molar-refractivity contribution >= 4 is 15.9 Å². The van der Waals surface area contributed by atoms with Crippen molar-refractivity contribution in [2.45, 2.75) is 38.6 Å². The highest BCUT2D eigenvalue weighted by molar-refractivity contribution is 9.10. The first-order valence-corrected chi connectivity index (χ1v) is 6.71. The summed E-state index contributed by atoms with van der Waals surface area (Å²) >= 11 is 3.13. The fourth-order valence-electron chi connectivity index (χ4n) is 1.86. The minimum Gasteiger partial charge on any atom is -0.313 e. The zero-order valence-corrected chi connectivity index (χ0v) is 11.8. The van der Waals surface area contributed by atoms with E-state index in [0.29, 0.717) is 0 Å². The van der Waals surface area contributed by atoms with Crippen molar-refractivity contribution in [2.24, 2.45) is 0 Å². The summed E-state index contributed by atoms with van der Waals surface area (Å²) < 4.78 is 26.7. The molecule has 0 radical (unpaired) electrons. The van der Waals surface area contributed by atoms with Gasteiger partial charge in [-0.3, -0.25) is 0 Å². The van der Waals surface area contributed by atoms with Gasteiger partial charge in [0.15, 0.2) is 11.6 Å². The first-order chi connectivity index (χ1) is 8.11. The first kappa shape index (κ1) is 14.6. The SMILES string of the molecule is CCCCCC(NC)c1ccc(F)c(F)c1Br. The molecule has 0 aliphatic heterocycles. The van der Waals surface area contributed by atoms with Crippen LogP contribution in [0.4, 0.5) is 8.78 Å². The van der Waals surface area contributed by atoms with Gasteiger partial charge in [0.2, 0.25) is 0 Å². The summed E-state index contributed by atoms with van der Waals surface area (Å²) in [5.74, 6) is -1.62. The summed E-state index contributed by atoms with van der Waals surface area (Å²) in [5.41, 5.74) is 0.780. The first-order valence-electron chi connectivity index (χ1n) is 5.92. The van der Waals surface area contributed by atoms with Crippen LogP contribution in [0.3, 0.4) is 0 Å². The number of hydrogen-bond acceptors (Lipinski definition) is 1. The summed E-state index contributed by atoms with van der Waals surface area (Å²) in [6, 6.07) is 2.88. The molecule has 1 N–H and O–H groups in total. The minimum absolute atomic E-state index is 0.0611. The van der Waals surface area contributed by atoms with Gasteiger partial charge in [-0.05, 0) is 41.0 Å². The average molecular weight is 306 g/mol. The molecule has 1 atom stereocenters. The molecule has 1 unspecified atom stereocenters. The second-order valence-corrected chi connectivity index (χ2v) is 4.89. The lowest BCUT2D eigenvalue weighted by Crippen LogP contribution is -2.17. The Bertz CT molecular complexity index is 369. The van der Waals surface area contributed by atoms with Gasteiger partial charge in [-0.15, -0.1) is 0 Å². The lowest BCUT2D eigenvalue weighted by atomic mass is 10.0. The van der Waals surface area contributed by atoms with Crippen molar-refractivity contribution in [3.63, 3.8) is 0 Å². The van der Waals surface area contributed by atoms with Crippen molar-refractivity contribution in [3.8, 4) is 0 Å². The van der Waals surface area contributed by atoms with E-state index in [9.17, 15) is 8.78 Å². The molecule has 0 aromatic heterocycles. The summed E-state index contributed by atoms with van der Waals surface area (Å²) in [7, 11) is 1.84. The summed E-state index contributed by atoms with van der Waals surface area (Å²) in [5, 5.41) is 3.15. The van der Waals surface area contributed by atoms with Crippen LogP contribution >= 0.6 is 15.9 Å². The summed E-state index contributed by atoms with van der Waals surface area (Å²) in [6.45, 7) is 2.14. The van der Waals surface area contributed by atoms with E-state index in [1.165, 1.54) is 6.07 Å². The van der Waals surface area contributed by atoms with Gasteiger partial charge >= 0.3 is 0 Å². The predicted octanol–water partition coefficient (Wildman–Crippen LogP) is 4.57. The largest absolute Gasteiger partial charge is 0.313 e. The Morgan fingerprint density at radius 2 is 2.00 bits per heavy atom. The highest BCUT2D eigenvalue weighted by Crippen LogP contribution is 2.30. The molecule has 0 saturated heterocycles. The van der Waals surface area contributed by atoms with Gasteiger partial charge in [0.25, 0.3) is 0 Å². The molecule has 96 valence electrons. The molecule has 1 aromatic rings. The fourth-order valence-corrected chi connectivity index (χ4v) is 2.46. The summed E-state index contributed by atoms with van der Waals surface area (Å²) in [6.07, 6.45) is 4.30. The van der Waals surface area contributed by atoms with Gasteiger partial charge in [-0.2, -0.15) is 0 Å². The van der Waals surface area contributed by atoms with Crippen molar-refractivity contribution in [1.82, 2.24) is 5.32 Å². The Morgan fingerprint density at radius 1 is 1.29 bits per heavy atom. The molecule has 0 fully saturated rings. The summed E-state index contributed by atoms with van der Waals surface area (Å²) in [4.78, 5) is 0. The van der Waals surface area contributed by atoms with Crippen molar-refractivity contribution in [3.05, 3.63) is 33.8 Å². The lowest BCUT2D eigenvalue weighted by Gasteiger charge is -2.18. The Hall–Kier alpha value is -0.480. The van der Waals surface area contributed by atoms with Crippen LogP contribution in [0.5, 0.6) is 0 Å². The Morgan fingerprint density at radius 3 is 2.59 bits per heavy atom. The van der Waals surface area contributed by atoms with Gasteiger partial charge < -0.3 is 5.32 Å². The third-order valence-corrected chi connectivity index (χ3v) is 3.69. The van der Waals surface area contributed by atoms with Gasteiger partial charge in [0.05, 0.1) is 4.47 Å². The van der Waals surface area contributed by atoms with E-state index in [1.54, 1.807) is 6.07 Å². The zero-order chi connectivity index (χ0) is 12.8. The van der Waals surface area contributed by atoms with E-state index >= 15 is 0 Å². The van der Waals surface area contributed by atoms with Crippen LogP contribution in [0.1, 0.15) is 44.2 Å². The molecule has 0 bridgehead atoms. The topological polar surface area (TPSA) is 12.0 Å². The molecule has 0 aliphatic rings. The third-order valence-electron chi connectivity index (χ3n) is 2.89. The van der Waals surface area contributed by atoms with Crippen LogP contribution in [0.25, 0.3) is 0 Å². The molecule has 17 heavy (non-hydrogen) atoms. The molecule has 0 heterocycles. The quantitative estimate of drug-likeness (QED) is 0.600. The van der Waals surface area contributed by atoms with E-state index in [2.05, 4.69) is 28.2 Å². The Kier molecular flexibility index (Phi) is 6.06. The molecule has 4 heteroatoms. The molecule has 0 amide bonds. The van der Waals surface area contributed by atoms with Crippen LogP contribution in [-0.4, -0.2) is 7.05 Å². The standard InChI is InChI=1S/C13H18BrF2N/c1-3-4-5-6-11(17-2)9-7-8-10(15)13(16)12(9)14/h7-8,11,17H,3-6H2,1-2H3. The Labute approximate surface area is 110 Å². The van der Waals surface area contributed by atoms with E-state index < -0.39 is 11.6 Å². The molecule has 0 aliphatic carbocycles. The van der Waals surface area contributed by atoms with Gasteiger partial charge in [0.1, 0.15) is 0 Å². The molecular formula is C13H18BrF2N. The van der Waals surface area contributed by atoms with E-state index in [-0.39, 0.29) is 10.5 Å². The van der Waals surface area contributed by atoms with Crippen molar-refractivity contribution in [1.29, 1.82) is 0 Å². The number of unbranched alkanes of at least 4 members (excludes halogenated alkanes) is 2. The highest BCUT2D eigenvalue weighted by Gasteiger charge is 2.17. The monoisotopic (exact) mass is 305 g/mol. The van der Waals surface area contributed by atoms with E-state index in [4.69, 9.17) is 0 Å².